The van der Waals surface area contributed by atoms with Crippen molar-refractivity contribution in [3.63, 3.8) is 0 Å². The minimum absolute atomic E-state index is 0.0164. The van der Waals surface area contributed by atoms with Crippen LogP contribution >= 0.6 is 0 Å². The van der Waals surface area contributed by atoms with Gasteiger partial charge in [0.2, 0.25) is 11.8 Å². The molecule has 1 heterocycles. The summed E-state index contributed by atoms with van der Waals surface area (Å²) in [4.78, 5) is 30.4. The van der Waals surface area contributed by atoms with Crippen molar-refractivity contribution in [3.8, 4) is 0 Å². The Morgan fingerprint density at radius 1 is 1.26 bits per heavy atom. The predicted molar refractivity (Wildman–Crippen MR) is 70.1 cm³/mol. The maximum atomic E-state index is 11.8. The number of methoxy groups -OCH3 is 1. The molecule has 19 heavy (non-hydrogen) atoms. The van der Waals surface area contributed by atoms with E-state index in [2.05, 4.69) is 5.48 Å². The number of rotatable bonds is 6. The van der Waals surface area contributed by atoms with E-state index in [1.165, 1.54) is 0 Å². The molecule has 0 aromatic rings. The van der Waals surface area contributed by atoms with E-state index in [9.17, 15) is 9.59 Å². The number of nitrogens with one attached hydrogen (secondary N) is 1. The van der Waals surface area contributed by atoms with Crippen molar-refractivity contribution in [1.82, 2.24) is 10.4 Å². The van der Waals surface area contributed by atoms with E-state index in [0.717, 1.165) is 0 Å². The van der Waals surface area contributed by atoms with Crippen LogP contribution in [0.3, 0.4) is 0 Å². The first-order valence-electron chi connectivity index (χ1n) is 6.75. The second-order valence-electron chi connectivity index (χ2n) is 5.06. The molecule has 110 valence electrons. The fraction of sp³-hybridized carbons (Fsp3) is 0.846. The van der Waals surface area contributed by atoms with E-state index in [1.807, 2.05) is 18.7 Å². The molecule has 1 aliphatic rings. The third-order valence-electron chi connectivity index (χ3n) is 3.23. The van der Waals surface area contributed by atoms with Crippen molar-refractivity contribution in [2.75, 3.05) is 33.4 Å². The zero-order chi connectivity index (χ0) is 14.3. The Morgan fingerprint density at radius 3 is 2.42 bits per heavy atom. The van der Waals surface area contributed by atoms with Crippen LogP contribution < -0.4 is 5.48 Å². The highest BCUT2D eigenvalue weighted by molar-refractivity contribution is 5.80. The van der Waals surface area contributed by atoms with Gasteiger partial charge in [-0.1, -0.05) is 13.8 Å². The molecule has 0 saturated carbocycles. The molecule has 0 aromatic carbocycles. The number of hydrogen-bond donors (Lipinski definition) is 1. The molecule has 6 heteroatoms. The number of hydroxylamine groups is 1. The molecule has 0 unspecified atom stereocenters. The highest BCUT2D eigenvalue weighted by Gasteiger charge is 2.28. The Morgan fingerprint density at radius 2 is 1.89 bits per heavy atom. The summed E-state index contributed by atoms with van der Waals surface area (Å²) in [5, 5.41) is 0. The lowest BCUT2D eigenvalue weighted by Gasteiger charge is -2.32. The zero-order valence-electron chi connectivity index (χ0n) is 12.0. The minimum atomic E-state index is -0.104. The van der Waals surface area contributed by atoms with Crippen molar-refractivity contribution in [2.45, 2.75) is 26.7 Å². The lowest BCUT2D eigenvalue weighted by atomic mass is 9.95. The third-order valence-corrected chi connectivity index (χ3v) is 3.23. The number of likely N-dealkylation sites (tertiary alicyclic amines) is 1. The molecule has 1 rings (SSSR count). The largest absolute Gasteiger partial charge is 0.382 e. The molecule has 0 spiro atoms. The second-order valence-corrected chi connectivity index (χ2v) is 5.06. The first-order chi connectivity index (χ1) is 9.06. The number of ether oxygens (including phenoxy) is 1. The summed E-state index contributed by atoms with van der Waals surface area (Å²) < 4.78 is 4.81. The van der Waals surface area contributed by atoms with Crippen LogP contribution in [0, 0.1) is 11.8 Å². The standard InChI is InChI=1S/C13H24N2O4/c1-10(2)13(17)15-6-4-11(5-7-15)12(16)14-19-9-8-18-3/h10-11H,4-9H2,1-3H3,(H,14,16). The van der Waals surface area contributed by atoms with E-state index in [1.54, 1.807) is 7.11 Å². The highest BCUT2D eigenvalue weighted by Crippen LogP contribution is 2.18. The molecular weight excluding hydrogens is 248 g/mol. The Bertz CT molecular complexity index is 299. The minimum Gasteiger partial charge on any atom is -0.382 e. The van der Waals surface area contributed by atoms with Gasteiger partial charge in [-0.15, -0.1) is 0 Å². The summed E-state index contributed by atoms with van der Waals surface area (Å²) in [6.45, 7) is 5.87. The molecule has 0 bridgehead atoms. The molecular formula is C13H24N2O4. The predicted octanol–water partition coefficient (Wildman–Crippen LogP) is 0.575. The lowest BCUT2D eigenvalue weighted by molar-refractivity contribution is -0.144. The van der Waals surface area contributed by atoms with Gasteiger partial charge < -0.3 is 9.64 Å². The highest BCUT2D eigenvalue weighted by atomic mass is 16.7. The molecule has 1 N–H and O–H groups in total. The van der Waals surface area contributed by atoms with Crippen molar-refractivity contribution < 1.29 is 19.2 Å². The first kappa shape index (κ1) is 15.9. The van der Waals surface area contributed by atoms with Crippen LogP contribution in [0.1, 0.15) is 26.7 Å². The van der Waals surface area contributed by atoms with E-state index in [-0.39, 0.29) is 23.7 Å². The van der Waals surface area contributed by atoms with Gasteiger partial charge in [0.1, 0.15) is 0 Å². The van der Waals surface area contributed by atoms with Crippen LogP contribution in [0.4, 0.5) is 0 Å². The number of hydrogen-bond acceptors (Lipinski definition) is 4. The number of nitrogens with zero attached hydrogens (tertiary/aromatic N) is 1. The van der Waals surface area contributed by atoms with Gasteiger partial charge in [0.15, 0.2) is 0 Å². The number of carbonyl (C=O) groups excluding carboxylic acids is 2. The SMILES string of the molecule is COCCONC(=O)C1CCN(C(=O)C(C)C)CC1. The zero-order valence-corrected chi connectivity index (χ0v) is 12.0. The van der Waals surface area contributed by atoms with Gasteiger partial charge in [-0.2, -0.15) is 0 Å². The van der Waals surface area contributed by atoms with E-state index < -0.39 is 0 Å². The Balaban J connectivity index is 2.25. The summed E-state index contributed by atoms with van der Waals surface area (Å²) in [6.07, 6.45) is 1.38. The Labute approximate surface area is 114 Å². The van der Waals surface area contributed by atoms with Crippen LogP contribution in [0.5, 0.6) is 0 Å². The summed E-state index contributed by atoms with van der Waals surface area (Å²) in [6, 6.07) is 0. The van der Waals surface area contributed by atoms with Gasteiger partial charge in [0.25, 0.3) is 0 Å². The van der Waals surface area contributed by atoms with Gasteiger partial charge in [0.05, 0.1) is 13.2 Å². The van der Waals surface area contributed by atoms with Crippen LogP contribution in [0.25, 0.3) is 0 Å². The lowest BCUT2D eigenvalue weighted by Crippen LogP contribution is -2.44. The van der Waals surface area contributed by atoms with Gasteiger partial charge in [0, 0.05) is 32.0 Å². The second kappa shape index (κ2) is 8.12. The smallest absolute Gasteiger partial charge is 0.246 e. The van der Waals surface area contributed by atoms with Crippen LogP contribution in [-0.2, 0) is 19.2 Å². The molecule has 6 nitrogen and oxygen atoms in total. The molecule has 0 aliphatic carbocycles. The normalized spacial score (nSPS) is 16.7. The molecule has 0 atom stereocenters. The number of carbonyl (C=O) groups is 2. The summed E-state index contributed by atoms with van der Waals surface area (Å²) >= 11 is 0. The fourth-order valence-electron chi connectivity index (χ4n) is 2.06. The van der Waals surface area contributed by atoms with Crippen molar-refractivity contribution in [3.05, 3.63) is 0 Å². The first-order valence-corrected chi connectivity index (χ1v) is 6.75. The van der Waals surface area contributed by atoms with Gasteiger partial charge >= 0.3 is 0 Å². The number of amides is 2. The van der Waals surface area contributed by atoms with Crippen LogP contribution in [0.15, 0.2) is 0 Å². The van der Waals surface area contributed by atoms with Gasteiger partial charge in [-0.05, 0) is 12.8 Å². The van der Waals surface area contributed by atoms with Crippen molar-refractivity contribution >= 4 is 11.8 Å². The molecule has 1 aliphatic heterocycles. The molecule has 2 amide bonds. The van der Waals surface area contributed by atoms with Gasteiger partial charge in [-0.25, -0.2) is 5.48 Å². The third kappa shape index (κ3) is 5.16. The van der Waals surface area contributed by atoms with Gasteiger partial charge in [-0.3, -0.25) is 14.4 Å². The maximum absolute atomic E-state index is 11.8. The average molecular weight is 272 g/mol. The number of piperidine rings is 1. The molecule has 0 aromatic heterocycles. The quantitative estimate of drug-likeness (QED) is 0.567. The van der Waals surface area contributed by atoms with Crippen LogP contribution in [-0.4, -0.2) is 50.1 Å². The van der Waals surface area contributed by atoms with E-state index >= 15 is 0 Å². The Hall–Kier alpha value is -1.14. The molecule has 1 saturated heterocycles. The maximum Gasteiger partial charge on any atom is 0.246 e. The average Bonchev–Trinajstić information content (AvgIpc) is 2.42. The summed E-state index contributed by atoms with van der Waals surface area (Å²) in [7, 11) is 1.58. The Kier molecular flexibility index (Phi) is 6.80. The molecule has 1 fully saturated rings. The van der Waals surface area contributed by atoms with E-state index in [4.69, 9.17) is 9.57 Å². The summed E-state index contributed by atoms with van der Waals surface area (Å²) in [5.41, 5.74) is 2.43. The van der Waals surface area contributed by atoms with Crippen molar-refractivity contribution in [2.24, 2.45) is 11.8 Å². The van der Waals surface area contributed by atoms with E-state index in [0.29, 0.717) is 39.1 Å². The summed E-state index contributed by atoms with van der Waals surface area (Å²) in [5.74, 6) is 0.00413. The van der Waals surface area contributed by atoms with Crippen molar-refractivity contribution in [1.29, 1.82) is 0 Å². The monoisotopic (exact) mass is 272 g/mol. The van der Waals surface area contributed by atoms with Crippen LogP contribution in [0.2, 0.25) is 0 Å². The topological polar surface area (TPSA) is 67.9 Å². The fourth-order valence-corrected chi connectivity index (χ4v) is 2.06. The molecule has 0 radical (unpaired) electrons.